The first-order chi connectivity index (χ1) is 8.34. The minimum Gasteiger partial charge on any atom is -0.352 e. The Bertz CT molecular complexity index is 387. The molecule has 0 radical (unpaired) electrons. The van der Waals surface area contributed by atoms with Gasteiger partial charge in [0.1, 0.15) is 12.1 Å². The first-order valence-electron chi connectivity index (χ1n) is 6.63. The monoisotopic (exact) mass is 232 g/mol. The standard InChI is InChI=1S/C13H20N4/c1-10-8-13(16-9-15-10)17-7-3-5-12(17)11-4-2-6-14-11/h8-9,11-12,14H,2-7H2,1H3. The number of anilines is 1. The molecule has 2 aliphatic heterocycles. The Morgan fingerprint density at radius 1 is 1.29 bits per heavy atom. The van der Waals surface area contributed by atoms with Gasteiger partial charge in [-0.2, -0.15) is 0 Å². The highest BCUT2D eigenvalue weighted by molar-refractivity contribution is 5.42. The summed E-state index contributed by atoms with van der Waals surface area (Å²) in [5.74, 6) is 1.11. The summed E-state index contributed by atoms with van der Waals surface area (Å²) in [5, 5.41) is 3.63. The van der Waals surface area contributed by atoms with Gasteiger partial charge in [-0.25, -0.2) is 9.97 Å². The highest BCUT2D eigenvalue weighted by Crippen LogP contribution is 2.28. The number of aryl methyl sites for hydroxylation is 1. The molecule has 2 aliphatic rings. The predicted molar refractivity (Wildman–Crippen MR) is 68.2 cm³/mol. The maximum Gasteiger partial charge on any atom is 0.132 e. The molecular weight excluding hydrogens is 212 g/mol. The second-order valence-corrected chi connectivity index (χ2v) is 5.12. The van der Waals surface area contributed by atoms with Crippen molar-refractivity contribution in [1.82, 2.24) is 15.3 Å². The van der Waals surface area contributed by atoms with Crippen molar-refractivity contribution in [2.45, 2.75) is 44.7 Å². The van der Waals surface area contributed by atoms with Crippen LogP contribution in [0.3, 0.4) is 0 Å². The van der Waals surface area contributed by atoms with Crippen LogP contribution in [0.15, 0.2) is 12.4 Å². The molecule has 92 valence electrons. The van der Waals surface area contributed by atoms with Gasteiger partial charge >= 0.3 is 0 Å². The predicted octanol–water partition coefficient (Wildman–Crippen LogP) is 1.51. The van der Waals surface area contributed by atoms with Crippen LogP contribution in [-0.2, 0) is 0 Å². The minimum absolute atomic E-state index is 0.631. The highest BCUT2D eigenvalue weighted by atomic mass is 15.3. The van der Waals surface area contributed by atoms with Gasteiger partial charge in [0.15, 0.2) is 0 Å². The van der Waals surface area contributed by atoms with Crippen molar-refractivity contribution in [2.75, 3.05) is 18.0 Å². The zero-order valence-corrected chi connectivity index (χ0v) is 10.4. The Morgan fingerprint density at radius 2 is 2.24 bits per heavy atom. The van der Waals surface area contributed by atoms with E-state index < -0.39 is 0 Å². The van der Waals surface area contributed by atoms with Gasteiger partial charge in [0, 0.05) is 30.4 Å². The summed E-state index contributed by atoms with van der Waals surface area (Å²) < 4.78 is 0. The molecule has 0 bridgehead atoms. The Hall–Kier alpha value is -1.16. The second kappa shape index (κ2) is 4.61. The van der Waals surface area contributed by atoms with Crippen LogP contribution in [-0.4, -0.2) is 35.1 Å². The molecule has 0 aliphatic carbocycles. The van der Waals surface area contributed by atoms with Crippen LogP contribution < -0.4 is 10.2 Å². The van der Waals surface area contributed by atoms with Crippen molar-refractivity contribution >= 4 is 5.82 Å². The Labute approximate surface area is 102 Å². The molecule has 2 saturated heterocycles. The maximum absolute atomic E-state index is 4.43. The van der Waals surface area contributed by atoms with Crippen molar-refractivity contribution in [2.24, 2.45) is 0 Å². The quantitative estimate of drug-likeness (QED) is 0.839. The van der Waals surface area contributed by atoms with Gasteiger partial charge in [-0.1, -0.05) is 0 Å². The summed E-state index contributed by atoms with van der Waals surface area (Å²) in [7, 11) is 0. The molecule has 2 atom stereocenters. The zero-order chi connectivity index (χ0) is 11.7. The largest absolute Gasteiger partial charge is 0.352 e. The van der Waals surface area contributed by atoms with Crippen molar-refractivity contribution in [3.63, 3.8) is 0 Å². The van der Waals surface area contributed by atoms with Gasteiger partial charge in [-0.3, -0.25) is 0 Å². The number of hydrogen-bond acceptors (Lipinski definition) is 4. The molecular formula is C13H20N4. The smallest absolute Gasteiger partial charge is 0.132 e. The topological polar surface area (TPSA) is 41.0 Å². The third kappa shape index (κ3) is 2.14. The first-order valence-corrected chi connectivity index (χ1v) is 6.63. The molecule has 4 heteroatoms. The molecule has 17 heavy (non-hydrogen) atoms. The SMILES string of the molecule is Cc1cc(N2CCCC2C2CCCN2)ncn1. The van der Waals surface area contributed by atoms with Gasteiger partial charge in [-0.05, 0) is 39.2 Å². The molecule has 3 rings (SSSR count). The van der Waals surface area contributed by atoms with Gasteiger partial charge in [0.05, 0.1) is 0 Å². The van der Waals surface area contributed by atoms with E-state index in [2.05, 4.69) is 26.3 Å². The number of aromatic nitrogens is 2. The highest BCUT2D eigenvalue weighted by Gasteiger charge is 2.33. The van der Waals surface area contributed by atoms with E-state index in [1.54, 1.807) is 6.33 Å². The molecule has 4 nitrogen and oxygen atoms in total. The Morgan fingerprint density at radius 3 is 3.00 bits per heavy atom. The summed E-state index contributed by atoms with van der Waals surface area (Å²) in [4.78, 5) is 11.1. The summed E-state index contributed by atoms with van der Waals surface area (Å²) in [6, 6.07) is 3.40. The van der Waals surface area contributed by atoms with E-state index in [1.165, 1.54) is 32.2 Å². The molecule has 0 aromatic carbocycles. The molecule has 1 aromatic rings. The number of hydrogen-bond donors (Lipinski definition) is 1. The van der Waals surface area contributed by atoms with Gasteiger partial charge < -0.3 is 10.2 Å². The second-order valence-electron chi connectivity index (χ2n) is 5.12. The fraction of sp³-hybridized carbons (Fsp3) is 0.692. The Kier molecular flexibility index (Phi) is 2.97. The van der Waals surface area contributed by atoms with E-state index in [0.717, 1.165) is 18.1 Å². The fourth-order valence-electron chi connectivity index (χ4n) is 3.13. The molecule has 0 saturated carbocycles. The summed E-state index contributed by atoms with van der Waals surface area (Å²) >= 11 is 0. The van der Waals surface area contributed by atoms with Crippen LogP contribution >= 0.6 is 0 Å². The maximum atomic E-state index is 4.43. The molecule has 1 aromatic heterocycles. The van der Waals surface area contributed by atoms with Gasteiger partial charge in [-0.15, -0.1) is 0 Å². The molecule has 0 amide bonds. The minimum atomic E-state index is 0.631. The molecule has 0 spiro atoms. The van der Waals surface area contributed by atoms with Crippen molar-refractivity contribution in [3.8, 4) is 0 Å². The fourth-order valence-corrected chi connectivity index (χ4v) is 3.13. The molecule has 3 heterocycles. The van der Waals surface area contributed by atoms with Crippen LogP contribution in [0.25, 0.3) is 0 Å². The lowest BCUT2D eigenvalue weighted by Gasteiger charge is -2.30. The number of nitrogens with one attached hydrogen (secondary N) is 1. The molecule has 2 unspecified atom stereocenters. The average Bonchev–Trinajstić information content (AvgIpc) is 3.00. The zero-order valence-electron chi connectivity index (χ0n) is 10.4. The lowest BCUT2D eigenvalue weighted by molar-refractivity contribution is 0.480. The summed E-state index contributed by atoms with van der Waals surface area (Å²) in [6.07, 6.45) is 6.89. The number of nitrogens with zero attached hydrogens (tertiary/aromatic N) is 3. The first kappa shape index (κ1) is 11.0. The van der Waals surface area contributed by atoms with Crippen LogP contribution in [0, 0.1) is 6.92 Å². The molecule has 1 N–H and O–H groups in total. The van der Waals surface area contributed by atoms with Gasteiger partial charge in [0.25, 0.3) is 0 Å². The third-order valence-electron chi connectivity index (χ3n) is 3.95. The van der Waals surface area contributed by atoms with E-state index in [-0.39, 0.29) is 0 Å². The Balaban J connectivity index is 1.81. The van der Waals surface area contributed by atoms with Crippen molar-refractivity contribution in [3.05, 3.63) is 18.1 Å². The van der Waals surface area contributed by atoms with E-state index in [4.69, 9.17) is 0 Å². The summed E-state index contributed by atoms with van der Waals surface area (Å²) in [6.45, 7) is 4.35. The van der Waals surface area contributed by atoms with Crippen LogP contribution in [0.4, 0.5) is 5.82 Å². The van der Waals surface area contributed by atoms with Crippen LogP contribution in [0.5, 0.6) is 0 Å². The summed E-state index contributed by atoms with van der Waals surface area (Å²) in [5.41, 5.74) is 1.06. The molecule has 2 fully saturated rings. The van der Waals surface area contributed by atoms with E-state index in [1.807, 2.05) is 6.92 Å². The third-order valence-corrected chi connectivity index (χ3v) is 3.95. The van der Waals surface area contributed by atoms with E-state index in [0.29, 0.717) is 12.1 Å². The van der Waals surface area contributed by atoms with Crippen LogP contribution in [0.1, 0.15) is 31.4 Å². The lowest BCUT2D eigenvalue weighted by Crippen LogP contribution is -2.44. The lowest BCUT2D eigenvalue weighted by atomic mass is 10.0. The normalized spacial score (nSPS) is 28.9. The van der Waals surface area contributed by atoms with Crippen molar-refractivity contribution in [1.29, 1.82) is 0 Å². The van der Waals surface area contributed by atoms with Crippen LogP contribution in [0.2, 0.25) is 0 Å². The van der Waals surface area contributed by atoms with Gasteiger partial charge in [0.2, 0.25) is 0 Å². The average molecular weight is 232 g/mol. The number of rotatable bonds is 2. The van der Waals surface area contributed by atoms with E-state index >= 15 is 0 Å². The van der Waals surface area contributed by atoms with E-state index in [9.17, 15) is 0 Å². The van der Waals surface area contributed by atoms with Crippen molar-refractivity contribution < 1.29 is 0 Å².